The maximum Gasteiger partial charge on any atom is 0.223 e. The van der Waals surface area contributed by atoms with Gasteiger partial charge >= 0.3 is 0 Å². The van der Waals surface area contributed by atoms with Crippen molar-refractivity contribution in [2.75, 3.05) is 6.54 Å². The number of nitrogens with two attached hydrogens (primary N) is 1. The summed E-state index contributed by atoms with van der Waals surface area (Å²) in [6, 6.07) is 0. The lowest BCUT2D eigenvalue weighted by molar-refractivity contribution is -0.124. The molecule has 0 spiro atoms. The standard InChI is InChI=1S/C11H20N2OS/c12-10(15)7-3-4-8-13-11(14)9-5-1-2-6-9/h9H,1-8H2,(H2,12,15)(H,13,14). The van der Waals surface area contributed by atoms with Crippen LogP contribution >= 0.6 is 12.2 Å². The van der Waals surface area contributed by atoms with Gasteiger partial charge in [-0.3, -0.25) is 4.79 Å². The topological polar surface area (TPSA) is 55.1 Å². The Morgan fingerprint density at radius 3 is 2.60 bits per heavy atom. The third kappa shape index (κ3) is 5.11. The molecule has 1 saturated carbocycles. The van der Waals surface area contributed by atoms with Crippen molar-refractivity contribution in [3.05, 3.63) is 0 Å². The van der Waals surface area contributed by atoms with Crippen LogP contribution in [0.25, 0.3) is 0 Å². The van der Waals surface area contributed by atoms with Gasteiger partial charge in [-0.2, -0.15) is 0 Å². The van der Waals surface area contributed by atoms with Crippen LogP contribution in [0.5, 0.6) is 0 Å². The number of unbranched alkanes of at least 4 members (excludes halogenated alkanes) is 1. The summed E-state index contributed by atoms with van der Waals surface area (Å²) in [6.07, 6.45) is 7.28. The van der Waals surface area contributed by atoms with E-state index in [0.29, 0.717) is 4.99 Å². The van der Waals surface area contributed by atoms with Crippen LogP contribution in [0.2, 0.25) is 0 Å². The van der Waals surface area contributed by atoms with Crippen molar-refractivity contribution in [2.24, 2.45) is 11.7 Å². The van der Waals surface area contributed by atoms with Gasteiger partial charge in [0.1, 0.15) is 0 Å². The predicted octanol–water partition coefficient (Wildman–Crippen LogP) is 1.75. The highest BCUT2D eigenvalue weighted by molar-refractivity contribution is 7.80. The second-order valence-corrected chi connectivity index (χ2v) is 4.72. The van der Waals surface area contributed by atoms with Gasteiger partial charge in [0.15, 0.2) is 0 Å². The summed E-state index contributed by atoms with van der Waals surface area (Å²) in [7, 11) is 0. The lowest BCUT2D eigenvalue weighted by atomic mass is 10.1. The molecule has 0 aliphatic heterocycles. The molecule has 86 valence electrons. The molecule has 0 atom stereocenters. The second kappa shape index (κ2) is 6.77. The van der Waals surface area contributed by atoms with E-state index in [1.807, 2.05) is 0 Å². The minimum absolute atomic E-state index is 0.239. The Morgan fingerprint density at radius 2 is 2.00 bits per heavy atom. The van der Waals surface area contributed by atoms with Crippen molar-refractivity contribution >= 4 is 23.1 Å². The van der Waals surface area contributed by atoms with Crippen LogP contribution in [0.1, 0.15) is 44.9 Å². The fourth-order valence-electron chi connectivity index (χ4n) is 1.97. The fraction of sp³-hybridized carbons (Fsp3) is 0.818. The predicted molar refractivity (Wildman–Crippen MR) is 65.6 cm³/mol. The maximum absolute atomic E-state index is 11.6. The summed E-state index contributed by atoms with van der Waals surface area (Å²) < 4.78 is 0. The molecular formula is C11H20N2OS. The average Bonchev–Trinajstić information content (AvgIpc) is 2.69. The molecule has 15 heavy (non-hydrogen) atoms. The molecular weight excluding hydrogens is 208 g/mol. The molecule has 3 nitrogen and oxygen atoms in total. The molecule has 1 aliphatic carbocycles. The van der Waals surface area contributed by atoms with Gasteiger partial charge < -0.3 is 11.1 Å². The van der Waals surface area contributed by atoms with Crippen molar-refractivity contribution in [2.45, 2.75) is 44.9 Å². The van der Waals surface area contributed by atoms with Gasteiger partial charge in [-0.15, -0.1) is 0 Å². The van der Waals surface area contributed by atoms with Gasteiger partial charge in [0.2, 0.25) is 5.91 Å². The van der Waals surface area contributed by atoms with E-state index < -0.39 is 0 Å². The molecule has 0 aromatic carbocycles. The summed E-state index contributed by atoms with van der Waals surface area (Å²) in [5.41, 5.74) is 5.38. The third-order valence-electron chi connectivity index (χ3n) is 2.88. The number of amides is 1. The largest absolute Gasteiger partial charge is 0.393 e. The van der Waals surface area contributed by atoms with Crippen LogP contribution in [0, 0.1) is 5.92 Å². The summed E-state index contributed by atoms with van der Waals surface area (Å²) in [5.74, 6) is 0.517. The van der Waals surface area contributed by atoms with E-state index in [0.717, 1.165) is 38.6 Å². The molecule has 4 heteroatoms. The molecule has 0 bridgehead atoms. The highest BCUT2D eigenvalue weighted by Gasteiger charge is 2.21. The Kier molecular flexibility index (Phi) is 5.61. The van der Waals surface area contributed by atoms with Gasteiger partial charge in [-0.25, -0.2) is 0 Å². The van der Waals surface area contributed by atoms with Gasteiger partial charge in [0.25, 0.3) is 0 Å². The number of hydrogen-bond donors (Lipinski definition) is 2. The summed E-state index contributed by atoms with van der Waals surface area (Å²) in [6.45, 7) is 0.762. The second-order valence-electron chi connectivity index (χ2n) is 4.20. The van der Waals surface area contributed by atoms with Crippen molar-refractivity contribution in [3.63, 3.8) is 0 Å². The first-order valence-electron chi connectivity index (χ1n) is 5.76. The van der Waals surface area contributed by atoms with Crippen molar-refractivity contribution in [3.8, 4) is 0 Å². The van der Waals surface area contributed by atoms with Crippen molar-refractivity contribution < 1.29 is 4.79 Å². The normalized spacial score (nSPS) is 16.5. The fourth-order valence-corrected chi connectivity index (χ4v) is 2.11. The Morgan fingerprint density at radius 1 is 1.33 bits per heavy atom. The molecule has 0 heterocycles. The quantitative estimate of drug-likeness (QED) is 0.538. The van der Waals surface area contributed by atoms with E-state index >= 15 is 0 Å². The highest BCUT2D eigenvalue weighted by Crippen LogP contribution is 2.24. The Bertz CT molecular complexity index is 225. The summed E-state index contributed by atoms with van der Waals surface area (Å²) >= 11 is 4.77. The van der Waals surface area contributed by atoms with Crippen LogP contribution in [-0.2, 0) is 4.79 Å². The van der Waals surface area contributed by atoms with Gasteiger partial charge in [0.05, 0.1) is 4.99 Å². The lowest BCUT2D eigenvalue weighted by Crippen LogP contribution is -2.30. The molecule has 1 rings (SSSR count). The van der Waals surface area contributed by atoms with Crippen LogP contribution in [0.15, 0.2) is 0 Å². The van der Waals surface area contributed by atoms with Crippen molar-refractivity contribution in [1.29, 1.82) is 0 Å². The third-order valence-corrected chi connectivity index (χ3v) is 3.08. The van der Waals surface area contributed by atoms with Crippen molar-refractivity contribution in [1.82, 2.24) is 5.32 Å². The molecule has 0 unspecified atom stereocenters. The summed E-state index contributed by atoms with van der Waals surface area (Å²) in [5, 5.41) is 2.98. The van der Waals surface area contributed by atoms with E-state index in [1.165, 1.54) is 12.8 Å². The minimum atomic E-state index is 0.239. The first kappa shape index (κ1) is 12.4. The van der Waals surface area contributed by atoms with Crippen LogP contribution in [-0.4, -0.2) is 17.4 Å². The highest BCUT2D eigenvalue weighted by atomic mass is 32.1. The minimum Gasteiger partial charge on any atom is -0.393 e. The number of carbonyl (C=O) groups is 1. The molecule has 0 radical (unpaired) electrons. The van der Waals surface area contributed by atoms with Crippen LogP contribution in [0.4, 0.5) is 0 Å². The Balaban J connectivity index is 1.99. The van der Waals surface area contributed by atoms with E-state index in [1.54, 1.807) is 0 Å². The Labute approximate surface area is 96.8 Å². The van der Waals surface area contributed by atoms with Gasteiger partial charge in [0, 0.05) is 12.5 Å². The number of carbonyl (C=O) groups excluding carboxylic acids is 1. The van der Waals surface area contributed by atoms with Gasteiger partial charge in [-0.05, 0) is 32.1 Å². The number of hydrogen-bond acceptors (Lipinski definition) is 2. The summed E-state index contributed by atoms with van der Waals surface area (Å²) in [4.78, 5) is 12.1. The number of thiocarbonyl (C=S) groups is 1. The van der Waals surface area contributed by atoms with E-state index in [9.17, 15) is 4.79 Å². The zero-order chi connectivity index (χ0) is 11.1. The molecule has 0 aromatic heterocycles. The first-order valence-corrected chi connectivity index (χ1v) is 6.17. The monoisotopic (exact) mass is 228 g/mol. The van der Waals surface area contributed by atoms with Crippen LogP contribution in [0.3, 0.4) is 0 Å². The van der Waals surface area contributed by atoms with E-state index in [-0.39, 0.29) is 11.8 Å². The smallest absolute Gasteiger partial charge is 0.223 e. The molecule has 1 amide bonds. The zero-order valence-corrected chi connectivity index (χ0v) is 9.94. The first-order chi connectivity index (χ1) is 7.20. The molecule has 1 aliphatic rings. The van der Waals surface area contributed by atoms with Crippen LogP contribution < -0.4 is 11.1 Å². The molecule has 1 fully saturated rings. The Hall–Kier alpha value is -0.640. The maximum atomic E-state index is 11.6. The molecule has 0 saturated heterocycles. The number of rotatable bonds is 6. The average molecular weight is 228 g/mol. The molecule has 3 N–H and O–H groups in total. The number of nitrogens with one attached hydrogen (secondary N) is 1. The SMILES string of the molecule is NC(=S)CCCCNC(=O)C1CCCC1. The van der Waals surface area contributed by atoms with E-state index in [4.69, 9.17) is 18.0 Å². The lowest BCUT2D eigenvalue weighted by Gasteiger charge is -2.09. The molecule has 0 aromatic rings. The van der Waals surface area contributed by atoms with E-state index in [2.05, 4.69) is 5.32 Å². The van der Waals surface area contributed by atoms with Gasteiger partial charge in [-0.1, -0.05) is 25.1 Å². The zero-order valence-electron chi connectivity index (χ0n) is 9.13.